The van der Waals surface area contributed by atoms with E-state index in [9.17, 15) is 9.59 Å². The zero-order valence-electron chi connectivity index (χ0n) is 15.2. The molecule has 0 radical (unpaired) electrons. The summed E-state index contributed by atoms with van der Waals surface area (Å²) in [6.45, 7) is 1.83. The minimum absolute atomic E-state index is 0.140. The van der Waals surface area contributed by atoms with Crippen molar-refractivity contribution in [2.24, 2.45) is 0 Å². The average molecular weight is 352 g/mol. The van der Waals surface area contributed by atoms with Crippen LogP contribution in [0.5, 0.6) is 0 Å². The third-order valence-corrected chi connectivity index (χ3v) is 4.51. The number of benzene rings is 2. The molecule has 26 heavy (non-hydrogen) atoms. The zero-order chi connectivity index (χ0) is 18.5. The molecule has 0 aliphatic carbocycles. The largest absolute Gasteiger partial charge is 0.448 e. The highest BCUT2D eigenvalue weighted by Crippen LogP contribution is 2.22. The number of hydrogen-bond donors (Lipinski definition) is 0. The SMILES string of the molecule is CN(C)CCN(Cc1ccccc1)C(=O)C1Cc2ccccc2C(=O)O1. The van der Waals surface area contributed by atoms with Crippen molar-refractivity contribution in [1.82, 2.24) is 9.80 Å². The molecule has 5 nitrogen and oxygen atoms in total. The molecule has 5 heteroatoms. The van der Waals surface area contributed by atoms with Crippen molar-refractivity contribution in [2.45, 2.75) is 19.1 Å². The first-order chi connectivity index (χ1) is 12.5. The molecule has 1 unspecified atom stereocenters. The lowest BCUT2D eigenvalue weighted by molar-refractivity contribution is -0.141. The molecule has 2 aromatic carbocycles. The Morgan fingerprint density at radius 2 is 1.73 bits per heavy atom. The van der Waals surface area contributed by atoms with Crippen LogP contribution in [0.3, 0.4) is 0 Å². The van der Waals surface area contributed by atoms with Gasteiger partial charge in [0.15, 0.2) is 6.10 Å². The fourth-order valence-corrected chi connectivity index (χ4v) is 3.06. The third kappa shape index (κ3) is 4.29. The van der Waals surface area contributed by atoms with Gasteiger partial charge in [0.05, 0.1) is 5.56 Å². The van der Waals surface area contributed by atoms with E-state index in [0.717, 1.165) is 17.7 Å². The topological polar surface area (TPSA) is 49.9 Å². The summed E-state index contributed by atoms with van der Waals surface area (Å²) in [7, 11) is 3.95. The lowest BCUT2D eigenvalue weighted by Crippen LogP contribution is -2.46. The van der Waals surface area contributed by atoms with Gasteiger partial charge in [0.2, 0.25) is 0 Å². The second-order valence-corrected chi connectivity index (χ2v) is 6.80. The molecule has 1 aliphatic rings. The zero-order valence-corrected chi connectivity index (χ0v) is 15.2. The van der Waals surface area contributed by atoms with Crippen molar-refractivity contribution in [3.8, 4) is 0 Å². The van der Waals surface area contributed by atoms with E-state index in [4.69, 9.17) is 4.74 Å². The van der Waals surface area contributed by atoms with Gasteiger partial charge in [-0.25, -0.2) is 4.79 Å². The molecular formula is C21H24N2O3. The summed E-state index contributed by atoms with van der Waals surface area (Å²) in [6.07, 6.45) is -0.336. The number of cyclic esters (lactones) is 1. The number of rotatable bonds is 6. The number of hydrogen-bond acceptors (Lipinski definition) is 4. The van der Waals surface area contributed by atoms with Gasteiger partial charge in [0.1, 0.15) is 0 Å². The van der Waals surface area contributed by atoms with E-state index in [1.807, 2.05) is 61.5 Å². The van der Waals surface area contributed by atoms with Crippen LogP contribution in [0.2, 0.25) is 0 Å². The Morgan fingerprint density at radius 1 is 1.04 bits per heavy atom. The Kier molecular flexibility index (Phi) is 5.68. The van der Waals surface area contributed by atoms with Gasteiger partial charge in [-0.15, -0.1) is 0 Å². The quantitative estimate of drug-likeness (QED) is 0.749. The number of amides is 1. The molecule has 0 spiro atoms. The summed E-state index contributed by atoms with van der Waals surface area (Å²) in [6, 6.07) is 17.2. The monoisotopic (exact) mass is 352 g/mol. The first-order valence-corrected chi connectivity index (χ1v) is 8.81. The Hall–Kier alpha value is -2.66. The van der Waals surface area contributed by atoms with E-state index in [-0.39, 0.29) is 5.91 Å². The molecule has 1 atom stereocenters. The number of ether oxygens (including phenoxy) is 1. The minimum Gasteiger partial charge on any atom is -0.448 e. The number of carbonyl (C=O) groups is 2. The average Bonchev–Trinajstić information content (AvgIpc) is 2.65. The smallest absolute Gasteiger partial charge is 0.339 e. The van der Waals surface area contributed by atoms with Crippen LogP contribution in [0.1, 0.15) is 21.5 Å². The Labute approximate surface area is 154 Å². The Morgan fingerprint density at radius 3 is 2.46 bits per heavy atom. The van der Waals surface area contributed by atoms with E-state index in [0.29, 0.717) is 25.1 Å². The minimum atomic E-state index is -0.761. The van der Waals surface area contributed by atoms with Crippen molar-refractivity contribution in [3.05, 3.63) is 71.3 Å². The van der Waals surface area contributed by atoms with Gasteiger partial charge in [-0.05, 0) is 31.3 Å². The summed E-state index contributed by atoms with van der Waals surface area (Å²) in [5.74, 6) is -0.559. The Bertz CT molecular complexity index is 774. The predicted octanol–water partition coefficient (Wildman–Crippen LogP) is 2.36. The molecule has 1 amide bonds. The summed E-state index contributed by atoms with van der Waals surface area (Å²) >= 11 is 0. The highest BCUT2D eigenvalue weighted by Gasteiger charge is 2.33. The summed E-state index contributed by atoms with van der Waals surface area (Å²) < 4.78 is 5.46. The lowest BCUT2D eigenvalue weighted by atomic mass is 9.98. The van der Waals surface area contributed by atoms with E-state index in [1.165, 1.54) is 0 Å². The second kappa shape index (κ2) is 8.15. The van der Waals surface area contributed by atoms with Gasteiger partial charge in [0.25, 0.3) is 5.91 Å². The highest BCUT2D eigenvalue weighted by molar-refractivity contribution is 5.95. The molecule has 0 N–H and O–H groups in total. The standard InChI is InChI=1S/C21H24N2O3/c1-22(2)12-13-23(15-16-8-4-3-5-9-16)20(24)19-14-17-10-6-7-11-18(17)21(25)26-19/h3-11,19H,12-15H2,1-2H3. The van der Waals surface area contributed by atoms with Crippen LogP contribution in [0.25, 0.3) is 0 Å². The van der Waals surface area contributed by atoms with E-state index in [1.54, 1.807) is 17.0 Å². The molecule has 1 aliphatic heterocycles. The van der Waals surface area contributed by atoms with Crippen LogP contribution in [-0.4, -0.2) is 55.0 Å². The number of nitrogens with zero attached hydrogens (tertiary/aromatic N) is 2. The van der Waals surface area contributed by atoms with Crippen molar-refractivity contribution >= 4 is 11.9 Å². The molecule has 136 valence electrons. The van der Waals surface area contributed by atoms with Crippen LogP contribution in [0.15, 0.2) is 54.6 Å². The maximum Gasteiger partial charge on any atom is 0.339 e. The molecule has 0 saturated carbocycles. The van der Waals surface area contributed by atoms with Crippen LogP contribution in [0, 0.1) is 0 Å². The van der Waals surface area contributed by atoms with Crippen molar-refractivity contribution < 1.29 is 14.3 Å². The summed E-state index contributed by atoms with van der Waals surface area (Å²) in [4.78, 5) is 29.2. The van der Waals surface area contributed by atoms with Gasteiger partial charge >= 0.3 is 5.97 Å². The van der Waals surface area contributed by atoms with E-state index in [2.05, 4.69) is 0 Å². The molecule has 1 heterocycles. The van der Waals surface area contributed by atoms with Crippen molar-refractivity contribution in [1.29, 1.82) is 0 Å². The lowest BCUT2D eigenvalue weighted by Gasteiger charge is -2.30. The van der Waals surface area contributed by atoms with Gasteiger partial charge in [-0.1, -0.05) is 48.5 Å². The van der Waals surface area contributed by atoms with Crippen LogP contribution >= 0.6 is 0 Å². The predicted molar refractivity (Wildman–Crippen MR) is 99.8 cm³/mol. The molecule has 0 aromatic heterocycles. The number of carbonyl (C=O) groups excluding carboxylic acids is 2. The maximum absolute atomic E-state index is 13.1. The molecule has 3 rings (SSSR count). The summed E-state index contributed by atoms with van der Waals surface area (Å²) in [5.41, 5.74) is 2.48. The molecule has 0 fully saturated rings. The van der Waals surface area contributed by atoms with E-state index < -0.39 is 12.1 Å². The summed E-state index contributed by atoms with van der Waals surface area (Å²) in [5, 5.41) is 0. The molecule has 2 aromatic rings. The van der Waals surface area contributed by atoms with Crippen molar-refractivity contribution in [3.63, 3.8) is 0 Å². The van der Waals surface area contributed by atoms with Gasteiger partial charge in [-0.2, -0.15) is 0 Å². The Balaban J connectivity index is 1.77. The molecule has 0 bridgehead atoms. The number of fused-ring (bicyclic) bond motifs is 1. The fourth-order valence-electron chi connectivity index (χ4n) is 3.06. The van der Waals surface area contributed by atoms with Gasteiger partial charge < -0.3 is 14.5 Å². The highest BCUT2D eigenvalue weighted by atomic mass is 16.5. The number of likely N-dealkylation sites (N-methyl/N-ethyl adjacent to an activating group) is 1. The normalized spacial score (nSPS) is 16.1. The van der Waals surface area contributed by atoms with Crippen LogP contribution in [-0.2, 0) is 22.5 Å². The van der Waals surface area contributed by atoms with Crippen molar-refractivity contribution in [2.75, 3.05) is 27.2 Å². The fraction of sp³-hybridized carbons (Fsp3) is 0.333. The molecule has 0 saturated heterocycles. The van der Waals surface area contributed by atoms with E-state index >= 15 is 0 Å². The third-order valence-electron chi connectivity index (χ3n) is 4.51. The van der Waals surface area contributed by atoms with Gasteiger partial charge in [0, 0.05) is 26.1 Å². The van der Waals surface area contributed by atoms with Crippen LogP contribution < -0.4 is 0 Å². The molecular weight excluding hydrogens is 328 g/mol. The first-order valence-electron chi connectivity index (χ1n) is 8.81. The van der Waals surface area contributed by atoms with Gasteiger partial charge in [-0.3, -0.25) is 4.79 Å². The first kappa shape index (κ1) is 18.1. The second-order valence-electron chi connectivity index (χ2n) is 6.80. The van der Waals surface area contributed by atoms with Crippen LogP contribution in [0.4, 0.5) is 0 Å². The number of esters is 1. The maximum atomic E-state index is 13.1.